The molecule has 1 saturated heterocycles. The third-order valence-electron chi connectivity index (χ3n) is 2.46. The van der Waals surface area contributed by atoms with Crippen LogP contribution in [0.3, 0.4) is 0 Å². The van der Waals surface area contributed by atoms with Crippen LogP contribution in [0.15, 0.2) is 11.7 Å². The summed E-state index contributed by atoms with van der Waals surface area (Å²) in [6.07, 6.45) is 4.59. The van der Waals surface area contributed by atoms with Crippen molar-refractivity contribution >= 4 is 11.3 Å². The van der Waals surface area contributed by atoms with Crippen LogP contribution >= 0.6 is 11.3 Å². The summed E-state index contributed by atoms with van der Waals surface area (Å²) in [5, 5.41) is 3.54. The normalized spacial score (nSPS) is 30.4. The topological polar surface area (TPSA) is 24.9 Å². The molecule has 0 amide bonds. The number of nitrogens with zero attached hydrogens (tertiary/aromatic N) is 1. The Bertz CT molecular complexity index is 225. The summed E-state index contributed by atoms with van der Waals surface area (Å²) in [4.78, 5) is 5.49. The minimum atomic E-state index is 0.577. The van der Waals surface area contributed by atoms with Crippen LogP contribution in [-0.4, -0.2) is 11.5 Å². The molecule has 3 heteroatoms. The summed E-state index contributed by atoms with van der Waals surface area (Å²) in [5.74, 6) is 0.842. The average Bonchev–Trinajstić information content (AvgIpc) is 2.58. The fourth-order valence-electron chi connectivity index (χ4n) is 1.64. The summed E-state index contributed by atoms with van der Waals surface area (Å²) >= 11 is 1.76. The van der Waals surface area contributed by atoms with Crippen molar-refractivity contribution in [3.05, 3.63) is 16.6 Å². The molecule has 0 aromatic carbocycles. The molecule has 0 radical (unpaired) electrons. The fourth-order valence-corrected chi connectivity index (χ4v) is 2.37. The molecular formula is C9H14N2S. The Morgan fingerprint density at radius 2 is 2.50 bits per heavy atom. The highest BCUT2D eigenvalue weighted by Gasteiger charge is 2.19. The summed E-state index contributed by atoms with van der Waals surface area (Å²) in [6.45, 7) is 3.46. The van der Waals surface area contributed by atoms with Gasteiger partial charge in [0, 0.05) is 17.1 Å². The third-order valence-corrected chi connectivity index (χ3v) is 3.34. The van der Waals surface area contributed by atoms with Gasteiger partial charge in [-0.1, -0.05) is 6.92 Å². The Balaban J connectivity index is 1.99. The zero-order valence-electron chi connectivity index (χ0n) is 7.29. The Morgan fingerprint density at radius 3 is 3.08 bits per heavy atom. The van der Waals surface area contributed by atoms with Gasteiger partial charge in [-0.05, 0) is 25.3 Å². The molecule has 2 rings (SSSR count). The minimum absolute atomic E-state index is 0.577. The van der Waals surface area contributed by atoms with Gasteiger partial charge in [-0.25, -0.2) is 0 Å². The van der Waals surface area contributed by atoms with Crippen molar-refractivity contribution in [1.29, 1.82) is 0 Å². The number of thiazole rings is 1. The van der Waals surface area contributed by atoms with Gasteiger partial charge in [-0.2, -0.15) is 0 Å². The van der Waals surface area contributed by atoms with Crippen LogP contribution in [0.4, 0.5) is 0 Å². The van der Waals surface area contributed by atoms with Crippen molar-refractivity contribution in [3.8, 4) is 0 Å². The highest BCUT2D eigenvalue weighted by atomic mass is 32.1. The van der Waals surface area contributed by atoms with Crippen molar-refractivity contribution in [2.24, 2.45) is 5.92 Å². The van der Waals surface area contributed by atoms with Gasteiger partial charge in [-0.15, -0.1) is 11.3 Å². The molecule has 2 nitrogen and oxygen atoms in total. The number of piperidine rings is 1. The fraction of sp³-hybridized carbons (Fsp3) is 0.667. The van der Waals surface area contributed by atoms with Crippen molar-refractivity contribution in [1.82, 2.24) is 10.3 Å². The van der Waals surface area contributed by atoms with Crippen molar-refractivity contribution in [2.45, 2.75) is 25.8 Å². The van der Waals surface area contributed by atoms with Gasteiger partial charge in [0.1, 0.15) is 0 Å². The highest BCUT2D eigenvalue weighted by molar-refractivity contribution is 7.09. The molecule has 1 aliphatic heterocycles. The van der Waals surface area contributed by atoms with E-state index in [0.29, 0.717) is 6.04 Å². The molecule has 1 aromatic rings. The molecule has 2 heterocycles. The summed E-state index contributed by atoms with van der Waals surface area (Å²) in [6, 6.07) is 0.577. The molecule has 2 atom stereocenters. The summed E-state index contributed by atoms with van der Waals surface area (Å²) in [7, 11) is 0. The molecule has 1 aliphatic rings. The van der Waals surface area contributed by atoms with Crippen LogP contribution in [0.1, 0.15) is 30.7 Å². The monoisotopic (exact) mass is 182 g/mol. The van der Waals surface area contributed by atoms with E-state index in [0.717, 1.165) is 12.5 Å². The quantitative estimate of drug-likeness (QED) is 0.720. The first kappa shape index (κ1) is 8.20. The van der Waals surface area contributed by atoms with Crippen LogP contribution in [0.5, 0.6) is 0 Å². The number of hydrogen-bond donors (Lipinski definition) is 1. The third kappa shape index (κ3) is 1.67. The van der Waals surface area contributed by atoms with Gasteiger partial charge >= 0.3 is 0 Å². The van der Waals surface area contributed by atoms with E-state index in [9.17, 15) is 0 Å². The number of hydrogen-bond acceptors (Lipinski definition) is 3. The Hall–Kier alpha value is -0.410. The second-order valence-electron chi connectivity index (χ2n) is 3.55. The van der Waals surface area contributed by atoms with E-state index in [1.807, 2.05) is 11.7 Å². The molecule has 0 unspecified atom stereocenters. The van der Waals surface area contributed by atoms with E-state index in [2.05, 4.69) is 17.2 Å². The predicted molar refractivity (Wildman–Crippen MR) is 51.3 cm³/mol. The van der Waals surface area contributed by atoms with Gasteiger partial charge in [0.15, 0.2) is 0 Å². The molecule has 0 spiro atoms. The standard InChI is InChI=1S/C9H14N2S/c1-7-2-3-8(11-4-7)9-5-10-6-12-9/h5-8,11H,2-4H2,1H3/t7-,8+/m1/s1. The second-order valence-corrected chi connectivity index (χ2v) is 4.47. The van der Waals surface area contributed by atoms with Crippen LogP contribution in [0.25, 0.3) is 0 Å². The Morgan fingerprint density at radius 1 is 1.58 bits per heavy atom. The molecule has 1 fully saturated rings. The van der Waals surface area contributed by atoms with Crippen LogP contribution in [0, 0.1) is 5.92 Å². The number of aromatic nitrogens is 1. The maximum absolute atomic E-state index is 4.09. The average molecular weight is 182 g/mol. The zero-order chi connectivity index (χ0) is 8.39. The van der Waals surface area contributed by atoms with Crippen LogP contribution < -0.4 is 5.32 Å². The van der Waals surface area contributed by atoms with Gasteiger partial charge in [0.05, 0.1) is 5.51 Å². The lowest BCUT2D eigenvalue weighted by atomic mass is 9.96. The second kappa shape index (κ2) is 3.54. The van der Waals surface area contributed by atoms with Crippen LogP contribution in [-0.2, 0) is 0 Å². The summed E-state index contributed by atoms with van der Waals surface area (Å²) < 4.78 is 0. The minimum Gasteiger partial charge on any atom is -0.309 e. The highest BCUT2D eigenvalue weighted by Crippen LogP contribution is 2.27. The van der Waals surface area contributed by atoms with Gasteiger partial charge in [-0.3, -0.25) is 4.98 Å². The largest absolute Gasteiger partial charge is 0.309 e. The lowest BCUT2D eigenvalue weighted by Crippen LogP contribution is -2.31. The van der Waals surface area contributed by atoms with Crippen LogP contribution in [0.2, 0.25) is 0 Å². The van der Waals surface area contributed by atoms with E-state index in [4.69, 9.17) is 0 Å². The molecule has 66 valence electrons. The maximum atomic E-state index is 4.09. The van der Waals surface area contributed by atoms with Crippen molar-refractivity contribution in [2.75, 3.05) is 6.54 Å². The molecule has 0 saturated carbocycles. The Kier molecular flexibility index (Phi) is 2.42. The molecule has 1 N–H and O–H groups in total. The van der Waals surface area contributed by atoms with E-state index in [1.165, 1.54) is 17.7 Å². The molecule has 0 aliphatic carbocycles. The van der Waals surface area contributed by atoms with Gasteiger partial charge in [0.2, 0.25) is 0 Å². The predicted octanol–water partition coefficient (Wildman–Crippen LogP) is 2.20. The summed E-state index contributed by atoms with van der Waals surface area (Å²) in [5.41, 5.74) is 1.91. The van der Waals surface area contributed by atoms with Crippen molar-refractivity contribution in [3.63, 3.8) is 0 Å². The number of rotatable bonds is 1. The van der Waals surface area contributed by atoms with E-state index >= 15 is 0 Å². The first-order valence-electron chi connectivity index (χ1n) is 4.48. The maximum Gasteiger partial charge on any atom is 0.0794 e. The zero-order valence-corrected chi connectivity index (χ0v) is 8.10. The Labute approximate surface area is 77.0 Å². The molecule has 12 heavy (non-hydrogen) atoms. The lowest BCUT2D eigenvalue weighted by Gasteiger charge is -2.26. The first-order chi connectivity index (χ1) is 5.86. The lowest BCUT2D eigenvalue weighted by molar-refractivity contribution is 0.336. The smallest absolute Gasteiger partial charge is 0.0794 e. The number of nitrogens with one attached hydrogen (secondary N) is 1. The first-order valence-corrected chi connectivity index (χ1v) is 5.36. The van der Waals surface area contributed by atoms with Gasteiger partial charge in [0.25, 0.3) is 0 Å². The SMILES string of the molecule is C[C@@H]1CC[C@@H](c2cncs2)NC1. The van der Waals surface area contributed by atoms with E-state index < -0.39 is 0 Å². The van der Waals surface area contributed by atoms with E-state index in [-0.39, 0.29) is 0 Å². The van der Waals surface area contributed by atoms with Gasteiger partial charge < -0.3 is 5.32 Å². The molecular weight excluding hydrogens is 168 g/mol. The van der Waals surface area contributed by atoms with E-state index in [1.54, 1.807) is 11.3 Å². The molecule has 1 aromatic heterocycles. The molecule has 0 bridgehead atoms. The van der Waals surface area contributed by atoms with Crippen molar-refractivity contribution < 1.29 is 0 Å².